The number of nitrogens with zero attached hydrogens (tertiary/aromatic N) is 4. The van der Waals surface area contributed by atoms with Crippen molar-refractivity contribution in [2.24, 2.45) is 0 Å². The molecule has 1 saturated heterocycles. The van der Waals surface area contributed by atoms with Crippen LogP contribution in [0.4, 0.5) is 5.69 Å². The van der Waals surface area contributed by atoms with E-state index < -0.39 is 10.0 Å². The molecule has 0 radical (unpaired) electrons. The second-order valence-electron chi connectivity index (χ2n) is 8.16. The number of nitrogens with one attached hydrogen (secondary N) is 1. The van der Waals surface area contributed by atoms with E-state index in [9.17, 15) is 13.2 Å². The molecule has 4 rings (SSSR count). The maximum absolute atomic E-state index is 13.1. The number of hydrogen-bond acceptors (Lipinski definition) is 6. The number of benzene rings is 1. The van der Waals surface area contributed by atoms with Gasteiger partial charge in [-0.1, -0.05) is 6.07 Å². The molecular weight excluding hydrogens is 430 g/mol. The molecule has 1 aliphatic rings. The molecule has 3 heterocycles. The number of sulfonamides is 1. The molecule has 0 bridgehead atoms. The summed E-state index contributed by atoms with van der Waals surface area (Å²) in [4.78, 5) is 17.8. The Balaban J connectivity index is 1.63. The van der Waals surface area contributed by atoms with Crippen LogP contribution in [-0.4, -0.2) is 59.7 Å². The molecule has 170 valence electrons. The van der Waals surface area contributed by atoms with Crippen molar-refractivity contribution < 1.29 is 17.9 Å². The molecule has 0 saturated carbocycles. The van der Waals surface area contributed by atoms with Crippen LogP contribution < -0.4 is 5.32 Å². The van der Waals surface area contributed by atoms with E-state index in [0.29, 0.717) is 43.2 Å². The molecule has 1 fully saturated rings. The molecule has 10 heteroatoms. The van der Waals surface area contributed by atoms with Crippen LogP contribution in [0.5, 0.6) is 0 Å². The fourth-order valence-electron chi connectivity index (χ4n) is 3.70. The van der Waals surface area contributed by atoms with Crippen molar-refractivity contribution in [3.05, 3.63) is 47.3 Å². The van der Waals surface area contributed by atoms with Crippen LogP contribution in [0.2, 0.25) is 0 Å². The Morgan fingerprint density at radius 3 is 2.56 bits per heavy atom. The van der Waals surface area contributed by atoms with Crippen LogP contribution in [0.25, 0.3) is 11.0 Å². The molecule has 0 atom stereocenters. The predicted octanol–water partition coefficient (Wildman–Crippen LogP) is 2.90. The molecule has 0 unspecified atom stereocenters. The smallest absolute Gasteiger partial charge is 0.257 e. The first-order valence-corrected chi connectivity index (χ1v) is 12.0. The second-order valence-corrected chi connectivity index (χ2v) is 10.1. The fourth-order valence-corrected chi connectivity index (χ4v) is 5.13. The SMILES string of the molecule is Cc1ccc(S(=O)(=O)N2CCOCC2)cc1NC(=O)c1cc2cnn(C(C)C)c2nc1C. The van der Waals surface area contributed by atoms with Crippen LogP contribution in [0, 0.1) is 13.8 Å². The van der Waals surface area contributed by atoms with E-state index >= 15 is 0 Å². The minimum absolute atomic E-state index is 0.142. The lowest BCUT2D eigenvalue weighted by Gasteiger charge is -2.26. The Kier molecular flexibility index (Phi) is 6.02. The number of morpholine rings is 1. The third kappa shape index (κ3) is 4.13. The largest absolute Gasteiger partial charge is 0.379 e. The minimum Gasteiger partial charge on any atom is -0.379 e. The molecule has 0 aliphatic carbocycles. The molecule has 0 spiro atoms. The topological polar surface area (TPSA) is 106 Å². The highest BCUT2D eigenvalue weighted by Gasteiger charge is 2.27. The van der Waals surface area contributed by atoms with Crippen molar-refractivity contribution in [1.29, 1.82) is 0 Å². The van der Waals surface area contributed by atoms with E-state index in [0.717, 1.165) is 16.6 Å². The molecule has 1 aliphatic heterocycles. The number of ether oxygens (including phenoxy) is 1. The number of rotatable bonds is 5. The van der Waals surface area contributed by atoms with Gasteiger partial charge in [0.25, 0.3) is 5.91 Å². The molecule has 1 amide bonds. The van der Waals surface area contributed by atoms with E-state index in [-0.39, 0.29) is 16.8 Å². The average molecular weight is 458 g/mol. The minimum atomic E-state index is -3.67. The summed E-state index contributed by atoms with van der Waals surface area (Å²) in [5.74, 6) is -0.349. The molecule has 1 N–H and O–H groups in total. The monoisotopic (exact) mass is 457 g/mol. The highest BCUT2D eigenvalue weighted by Crippen LogP contribution is 2.25. The van der Waals surface area contributed by atoms with Crippen molar-refractivity contribution in [2.45, 2.75) is 38.6 Å². The first-order chi connectivity index (χ1) is 15.2. The number of aromatic nitrogens is 3. The summed E-state index contributed by atoms with van der Waals surface area (Å²) in [7, 11) is -3.67. The Morgan fingerprint density at radius 2 is 1.88 bits per heavy atom. The van der Waals surface area contributed by atoms with Gasteiger partial charge in [0.15, 0.2) is 5.65 Å². The van der Waals surface area contributed by atoms with Gasteiger partial charge in [0.2, 0.25) is 10.0 Å². The zero-order valence-electron chi connectivity index (χ0n) is 18.6. The van der Waals surface area contributed by atoms with Gasteiger partial charge >= 0.3 is 0 Å². The number of hydrogen-bond donors (Lipinski definition) is 1. The van der Waals surface area contributed by atoms with Crippen LogP contribution >= 0.6 is 0 Å². The van der Waals surface area contributed by atoms with E-state index in [1.54, 1.807) is 31.3 Å². The van der Waals surface area contributed by atoms with Crippen molar-refractivity contribution in [2.75, 3.05) is 31.6 Å². The number of aryl methyl sites for hydroxylation is 2. The van der Waals surface area contributed by atoms with Gasteiger partial charge < -0.3 is 10.1 Å². The van der Waals surface area contributed by atoms with Crippen LogP contribution in [0.3, 0.4) is 0 Å². The molecule has 32 heavy (non-hydrogen) atoms. The summed E-state index contributed by atoms with van der Waals surface area (Å²) in [5.41, 5.74) is 2.93. The number of fused-ring (bicyclic) bond motifs is 1. The van der Waals surface area contributed by atoms with Crippen molar-refractivity contribution in [3.8, 4) is 0 Å². The Bertz CT molecular complexity index is 1280. The number of pyridine rings is 1. The van der Waals surface area contributed by atoms with Gasteiger partial charge in [-0.05, 0) is 51.5 Å². The molecule has 1 aromatic carbocycles. The molecule has 9 nitrogen and oxygen atoms in total. The molecular formula is C22H27N5O4S. The number of amides is 1. The van der Waals surface area contributed by atoms with Gasteiger partial charge in [0.1, 0.15) is 0 Å². The summed E-state index contributed by atoms with van der Waals surface area (Å²) in [5, 5.41) is 8.00. The van der Waals surface area contributed by atoms with Gasteiger partial charge in [0, 0.05) is 30.2 Å². The lowest BCUT2D eigenvalue weighted by atomic mass is 10.1. The maximum atomic E-state index is 13.1. The van der Waals surface area contributed by atoms with E-state index in [4.69, 9.17) is 4.74 Å². The highest BCUT2D eigenvalue weighted by molar-refractivity contribution is 7.89. The predicted molar refractivity (Wildman–Crippen MR) is 121 cm³/mol. The van der Waals surface area contributed by atoms with Crippen molar-refractivity contribution >= 4 is 32.7 Å². The van der Waals surface area contributed by atoms with Gasteiger partial charge in [-0.25, -0.2) is 18.1 Å². The lowest BCUT2D eigenvalue weighted by molar-refractivity contribution is 0.0730. The van der Waals surface area contributed by atoms with Crippen LogP contribution in [0.1, 0.15) is 41.5 Å². The zero-order chi connectivity index (χ0) is 23.0. The quantitative estimate of drug-likeness (QED) is 0.631. The highest BCUT2D eigenvalue weighted by atomic mass is 32.2. The van der Waals surface area contributed by atoms with Gasteiger partial charge in [0.05, 0.1) is 35.6 Å². The average Bonchev–Trinajstić information content (AvgIpc) is 3.18. The summed E-state index contributed by atoms with van der Waals surface area (Å²) < 4.78 is 34.5. The van der Waals surface area contributed by atoms with Crippen LogP contribution in [0.15, 0.2) is 35.4 Å². The summed E-state index contributed by atoms with van der Waals surface area (Å²) in [6.07, 6.45) is 1.69. The van der Waals surface area contributed by atoms with E-state index in [1.807, 2.05) is 25.5 Å². The molecule has 2 aromatic heterocycles. The third-order valence-corrected chi connectivity index (χ3v) is 7.45. The summed E-state index contributed by atoms with van der Waals surface area (Å²) in [6, 6.07) is 6.69. The Labute approximate surface area is 187 Å². The number of anilines is 1. The number of carbonyl (C=O) groups excluding carboxylic acids is 1. The lowest BCUT2D eigenvalue weighted by Crippen LogP contribution is -2.40. The first-order valence-electron chi connectivity index (χ1n) is 10.5. The van der Waals surface area contributed by atoms with Gasteiger partial charge in [-0.2, -0.15) is 9.40 Å². The van der Waals surface area contributed by atoms with Crippen molar-refractivity contribution in [1.82, 2.24) is 19.1 Å². The van der Waals surface area contributed by atoms with Gasteiger partial charge in [-0.15, -0.1) is 0 Å². The Hall–Kier alpha value is -2.82. The normalized spacial score (nSPS) is 15.4. The zero-order valence-corrected chi connectivity index (χ0v) is 19.4. The van der Waals surface area contributed by atoms with E-state index in [1.165, 1.54) is 10.4 Å². The van der Waals surface area contributed by atoms with Crippen LogP contribution in [-0.2, 0) is 14.8 Å². The number of carbonyl (C=O) groups is 1. The fraction of sp³-hybridized carbons (Fsp3) is 0.409. The van der Waals surface area contributed by atoms with E-state index in [2.05, 4.69) is 15.4 Å². The summed E-state index contributed by atoms with van der Waals surface area (Å²) >= 11 is 0. The van der Waals surface area contributed by atoms with Gasteiger partial charge in [-0.3, -0.25) is 4.79 Å². The summed E-state index contributed by atoms with van der Waals surface area (Å²) in [6.45, 7) is 9.00. The molecule has 3 aromatic rings. The first kappa shape index (κ1) is 22.4. The standard InChI is InChI=1S/C22H27N5O4S/c1-14(2)27-21-17(13-23-27)11-19(16(4)24-21)22(28)25-20-12-18(6-5-15(20)3)32(29,30)26-7-9-31-10-8-26/h5-6,11-14H,7-10H2,1-4H3,(H,25,28). The maximum Gasteiger partial charge on any atom is 0.257 e. The Morgan fingerprint density at radius 1 is 1.16 bits per heavy atom. The third-order valence-electron chi connectivity index (χ3n) is 5.56. The second kappa shape index (κ2) is 8.61. The van der Waals surface area contributed by atoms with Crippen molar-refractivity contribution in [3.63, 3.8) is 0 Å².